The molecule has 24 heavy (non-hydrogen) atoms. The van der Waals surface area contributed by atoms with Crippen LogP contribution >= 0.6 is 23.4 Å². The van der Waals surface area contributed by atoms with Crippen molar-refractivity contribution in [3.63, 3.8) is 0 Å². The summed E-state index contributed by atoms with van der Waals surface area (Å²) in [5, 5.41) is 1.71. The second-order valence-corrected chi connectivity index (χ2v) is 6.77. The van der Waals surface area contributed by atoms with Crippen molar-refractivity contribution >= 4 is 34.5 Å². The first-order chi connectivity index (χ1) is 11.8. The molecule has 0 radical (unpaired) electrons. The van der Waals surface area contributed by atoms with Gasteiger partial charge in [0.15, 0.2) is 5.65 Å². The first kappa shape index (κ1) is 15.2. The van der Waals surface area contributed by atoms with Crippen molar-refractivity contribution in [3.05, 3.63) is 83.4 Å². The molecule has 2 aromatic carbocycles. The number of nitrogens with one attached hydrogen (secondary N) is 1. The van der Waals surface area contributed by atoms with Crippen LogP contribution in [0.1, 0.15) is 16.4 Å². The van der Waals surface area contributed by atoms with Gasteiger partial charge in [-0.25, -0.2) is 15.0 Å². The van der Waals surface area contributed by atoms with Crippen LogP contribution in [0.3, 0.4) is 0 Å². The Balaban J connectivity index is 1.78. The van der Waals surface area contributed by atoms with Gasteiger partial charge in [-0.3, -0.25) is 0 Å². The topological polar surface area (TPSA) is 54.5 Å². The molecule has 0 saturated carbocycles. The van der Waals surface area contributed by atoms with E-state index in [2.05, 4.69) is 44.2 Å². The maximum Gasteiger partial charge on any atom is 0.181 e. The molecule has 0 fully saturated rings. The summed E-state index contributed by atoms with van der Waals surface area (Å²) in [6.07, 6.45) is 3.19. The molecule has 1 unspecified atom stereocenters. The van der Waals surface area contributed by atoms with E-state index in [4.69, 9.17) is 11.6 Å². The van der Waals surface area contributed by atoms with E-state index in [-0.39, 0.29) is 5.25 Å². The molecule has 1 atom stereocenters. The quantitative estimate of drug-likeness (QED) is 0.419. The predicted molar refractivity (Wildman–Crippen MR) is 97.3 cm³/mol. The fourth-order valence-electron chi connectivity index (χ4n) is 2.54. The van der Waals surface area contributed by atoms with Gasteiger partial charge in [0.05, 0.1) is 11.6 Å². The van der Waals surface area contributed by atoms with Crippen molar-refractivity contribution in [1.29, 1.82) is 0 Å². The number of nitrogens with zero attached hydrogens (tertiary/aromatic N) is 3. The number of H-pyrrole nitrogens is 1. The van der Waals surface area contributed by atoms with Gasteiger partial charge in [-0.15, -0.1) is 0 Å². The van der Waals surface area contributed by atoms with E-state index >= 15 is 0 Å². The Morgan fingerprint density at radius 3 is 2.42 bits per heavy atom. The molecule has 118 valence electrons. The molecular weight excluding hydrogens is 340 g/mol. The lowest BCUT2D eigenvalue weighted by molar-refractivity contribution is 1.07. The molecule has 0 bridgehead atoms. The van der Waals surface area contributed by atoms with E-state index in [1.807, 2.05) is 30.3 Å². The lowest BCUT2D eigenvalue weighted by Crippen LogP contribution is -1.98. The zero-order valence-electron chi connectivity index (χ0n) is 12.6. The zero-order valence-corrected chi connectivity index (χ0v) is 14.1. The molecule has 6 heteroatoms. The average molecular weight is 353 g/mol. The molecular formula is C18H13ClN4S. The Morgan fingerprint density at radius 2 is 1.62 bits per heavy atom. The third-order valence-electron chi connectivity index (χ3n) is 3.69. The van der Waals surface area contributed by atoms with Gasteiger partial charge in [-0.2, -0.15) is 0 Å². The first-order valence-corrected chi connectivity index (χ1v) is 8.68. The van der Waals surface area contributed by atoms with E-state index in [9.17, 15) is 0 Å². The molecule has 0 aliphatic rings. The minimum Gasteiger partial charge on any atom is -0.341 e. The van der Waals surface area contributed by atoms with Gasteiger partial charge >= 0.3 is 0 Å². The lowest BCUT2D eigenvalue weighted by Gasteiger charge is -2.17. The second kappa shape index (κ2) is 6.63. The molecule has 0 aliphatic heterocycles. The summed E-state index contributed by atoms with van der Waals surface area (Å²) in [5.41, 5.74) is 3.91. The van der Waals surface area contributed by atoms with Crippen molar-refractivity contribution in [2.45, 2.75) is 10.3 Å². The largest absolute Gasteiger partial charge is 0.341 e. The molecule has 0 amide bonds. The van der Waals surface area contributed by atoms with Crippen LogP contribution in [0.25, 0.3) is 11.2 Å². The third-order valence-corrected chi connectivity index (χ3v) is 5.26. The predicted octanol–water partition coefficient (Wildman–Crippen LogP) is 4.89. The molecule has 4 aromatic rings. The highest BCUT2D eigenvalue weighted by molar-refractivity contribution is 7.99. The highest BCUT2D eigenvalue weighted by Gasteiger charge is 2.18. The molecule has 0 saturated heterocycles. The van der Waals surface area contributed by atoms with Crippen molar-refractivity contribution in [3.8, 4) is 0 Å². The first-order valence-electron chi connectivity index (χ1n) is 7.42. The third kappa shape index (κ3) is 3.00. The Hall–Kier alpha value is -2.37. The Morgan fingerprint density at radius 1 is 0.875 bits per heavy atom. The van der Waals surface area contributed by atoms with Crippen LogP contribution in [-0.4, -0.2) is 19.9 Å². The van der Waals surface area contributed by atoms with E-state index in [1.54, 1.807) is 24.4 Å². The minimum atomic E-state index is 0.102. The van der Waals surface area contributed by atoms with Crippen LogP contribution < -0.4 is 0 Å². The second-order valence-electron chi connectivity index (χ2n) is 5.24. The molecule has 0 aliphatic carbocycles. The minimum absolute atomic E-state index is 0.102. The van der Waals surface area contributed by atoms with Crippen LogP contribution in [0, 0.1) is 0 Å². The normalized spacial score (nSPS) is 12.4. The number of imidazole rings is 1. The maximum absolute atomic E-state index is 6.05. The van der Waals surface area contributed by atoms with Crippen LogP contribution in [0.15, 0.2) is 72.3 Å². The van der Waals surface area contributed by atoms with Gasteiger partial charge < -0.3 is 4.98 Å². The summed E-state index contributed by atoms with van der Waals surface area (Å²) < 4.78 is 0. The number of rotatable bonds is 4. The number of fused-ring (bicyclic) bond motifs is 1. The summed E-state index contributed by atoms with van der Waals surface area (Å²) in [5.74, 6) is 0. The lowest BCUT2D eigenvalue weighted by atomic mass is 10.0. The van der Waals surface area contributed by atoms with Crippen molar-refractivity contribution in [2.75, 3.05) is 0 Å². The molecule has 2 aromatic heterocycles. The van der Waals surface area contributed by atoms with Crippen molar-refractivity contribution < 1.29 is 0 Å². The highest BCUT2D eigenvalue weighted by atomic mass is 35.5. The van der Waals surface area contributed by atoms with Crippen LogP contribution in [0.2, 0.25) is 5.02 Å². The Kier molecular flexibility index (Phi) is 4.19. The van der Waals surface area contributed by atoms with Crippen LogP contribution in [-0.2, 0) is 0 Å². The number of hydrogen-bond donors (Lipinski definition) is 1. The number of benzene rings is 2. The van der Waals surface area contributed by atoms with Gasteiger partial charge in [-0.05, 0) is 23.3 Å². The summed E-state index contributed by atoms with van der Waals surface area (Å²) >= 11 is 7.71. The van der Waals surface area contributed by atoms with Crippen LogP contribution in [0.4, 0.5) is 0 Å². The van der Waals surface area contributed by atoms with Gasteiger partial charge in [0.25, 0.3) is 0 Å². The zero-order chi connectivity index (χ0) is 16.4. The van der Waals surface area contributed by atoms with E-state index in [0.29, 0.717) is 5.65 Å². The fourth-order valence-corrected chi connectivity index (χ4v) is 3.85. The number of thioether (sulfide) groups is 1. The van der Waals surface area contributed by atoms with Gasteiger partial charge in [0.2, 0.25) is 0 Å². The monoisotopic (exact) mass is 352 g/mol. The Bertz CT molecular complexity index is 954. The summed E-state index contributed by atoms with van der Waals surface area (Å²) in [6, 6.07) is 18.3. The van der Waals surface area contributed by atoms with Crippen molar-refractivity contribution in [2.24, 2.45) is 0 Å². The van der Waals surface area contributed by atoms with Gasteiger partial charge in [0.1, 0.15) is 16.9 Å². The van der Waals surface area contributed by atoms with E-state index in [0.717, 1.165) is 15.6 Å². The average Bonchev–Trinajstić information content (AvgIpc) is 3.11. The standard InChI is InChI=1S/C18H13ClN4S/c19-14-8-6-13(7-9-14)16(12-4-2-1-3-5-12)24-18-15-17(21-10-20-15)22-11-23-18/h1-11,16H,(H,20,21,22,23). The molecule has 4 nitrogen and oxygen atoms in total. The van der Waals surface area contributed by atoms with E-state index < -0.39 is 0 Å². The number of aromatic amines is 1. The van der Waals surface area contributed by atoms with Crippen molar-refractivity contribution in [1.82, 2.24) is 19.9 Å². The molecule has 1 N–H and O–H groups in total. The highest BCUT2D eigenvalue weighted by Crippen LogP contribution is 2.41. The SMILES string of the molecule is Clc1ccc(C(Sc2ncnc3nc[nH]c23)c2ccccc2)cc1. The van der Waals surface area contributed by atoms with E-state index in [1.165, 1.54) is 11.1 Å². The summed E-state index contributed by atoms with van der Waals surface area (Å²) in [4.78, 5) is 16.0. The summed E-state index contributed by atoms with van der Waals surface area (Å²) in [7, 11) is 0. The molecule has 2 heterocycles. The summed E-state index contributed by atoms with van der Waals surface area (Å²) in [6.45, 7) is 0. The van der Waals surface area contributed by atoms with Crippen LogP contribution in [0.5, 0.6) is 0 Å². The fraction of sp³-hybridized carbons (Fsp3) is 0.0556. The number of aromatic nitrogens is 4. The van der Waals surface area contributed by atoms with Gasteiger partial charge in [0, 0.05) is 5.02 Å². The number of hydrogen-bond acceptors (Lipinski definition) is 4. The molecule has 4 rings (SSSR count). The maximum atomic E-state index is 6.05. The smallest absolute Gasteiger partial charge is 0.181 e. The Labute approximate surface area is 148 Å². The molecule has 0 spiro atoms. The van der Waals surface area contributed by atoms with Gasteiger partial charge in [-0.1, -0.05) is 65.8 Å². The number of halogens is 1.